The fourth-order valence-electron chi connectivity index (χ4n) is 0.997. The molecule has 5 nitrogen and oxygen atoms in total. The molecule has 0 aliphatic heterocycles. The third-order valence-corrected chi connectivity index (χ3v) is 3.31. The van der Waals surface area contributed by atoms with E-state index in [0.29, 0.717) is 17.1 Å². The zero-order valence-corrected chi connectivity index (χ0v) is 10.5. The highest BCUT2D eigenvalue weighted by Crippen LogP contribution is 2.46. The fraction of sp³-hybridized carbons (Fsp3) is 0.875. The van der Waals surface area contributed by atoms with E-state index in [1.807, 2.05) is 0 Å². The lowest BCUT2D eigenvalue weighted by Gasteiger charge is -2.26. The van der Waals surface area contributed by atoms with Crippen molar-refractivity contribution in [3.63, 3.8) is 0 Å². The number of ether oxygens (including phenoxy) is 1. The van der Waals surface area contributed by atoms with Gasteiger partial charge in [0.25, 0.3) is 0 Å². The number of carbonyl (C=O) groups is 1. The van der Waals surface area contributed by atoms with E-state index in [4.69, 9.17) is 16.3 Å². The average Bonchev–Trinajstić information content (AvgIpc) is 2.62. The third kappa shape index (κ3) is 3.24. The molecule has 0 aromatic carbocycles. The molecule has 0 aromatic rings. The van der Waals surface area contributed by atoms with Crippen molar-refractivity contribution in [3.05, 3.63) is 0 Å². The van der Waals surface area contributed by atoms with Gasteiger partial charge in [0.1, 0.15) is 10.6 Å². The highest BCUT2D eigenvalue weighted by Gasteiger charge is 2.52. The van der Waals surface area contributed by atoms with Crippen molar-refractivity contribution in [2.75, 3.05) is 0 Å². The van der Waals surface area contributed by atoms with Crippen LogP contribution < -0.4 is 0 Å². The van der Waals surface area contributed by atoms with Crippen molar-refractivity contribution in [1.82, 2.24) is 4.31 Å². The molecule has 0 saturated heterocycles. The first-order chi connectivity index (χ1) is 6.66. The summed E-state index contributed by atoms with van der Waals surface area (Å²) in [7, 11) is -3.06. The smallest absolute Gasteiger partial charge is 0.425 e. The largest absolute Gasteiger partial charge is 0.443 e. The zero-order valence-electron chi connectivity index (χ0n) is 8.82. The van der Waals surface area contributed by atoms with Crippen LogP contribution in [0, 0.1) is 0 Å². The monoisotopic (exact) mass is 255 g/mol. The summed E-state index contributed by atoms with van der Waals surface area (Å²) in [6.07, 6.45) is 0.0277. The van der Waals surface area contributed by atoms with Crippen LogP contribution >= 0.6 is 11.6 Å². The lowest BCUT2D eigenvalue weighted by atomic mass is 10.2. The zero-order chi connectivity index (χ0) is 11.9. The molecule has 0 unspecified atom stereocenters. The quantitative estimate of drug-likeness (QED) is 0.461. The highest BCUT2D eigenvalue weighted by atomic mass is 35.5. The average molecular weight is 256 g/mol. The molecule has 15 heavy (non-hydrogen) atoms. The summed E-state index contributed by atoms with van der Waals surface area (Å²) in [5.41, 5.74) is -0.733. The molecule has 0 N–H and O–H groups in total. The summed E-state index contributed by atoms with van der Waals surface area (Å²) in [5.74, 6) is 0. The Balaban J connectivity index is 2.78. The second-order valence-corrected chi connectivity index (χ2v) is 6.03. The normalized spacial score (nSPS) is 18.7. The molecule has 1 saturated carbocycles. The number of halogens is 1. The molecule has 0 bridgehead atoms. The van der Waals surface area contributed by atoms with Crippen LogP contribution in [0.4, 0.5) is 4.79 Å². The molecule has 1 aliphatic carbocycles. The summed E-state index contributed by atoms with van der Waals surface area (Å²) >= 11 is 5.87. The lowest BCUT2D eigenvalue weighted by Crippen LogP contribution is -2.41. The number of hydrogen-bond acceptors (Lipinski definition) is 4. The Bertz CT molecular complexity index is 335. The highest BCUT2D eigenvalue weighted by molar-refractivity contribution is 7.70. The van der Waals surface area contributed by atoms with Gasteiger partial charge in [-0.3, -0.25) is 0 Å². The number of nitrogens with zero attached hydrogens (tertiary/aromatic N) is 1. The molecule has 88 valence electrons. The summed E-state index contributed by atoms with van der Waals surface area (Å²) in [5, 5.41) is 0. The molecule has 0 atom stereocenters. The Morgan fingerprint density at radius 2 is 1.87 bits per heavy atom. The van der Waals surface area contributed by atoms with E-state index < -0.39 is 27.6 Å². The minimum Gasteiger partial charge on any atom is -0.443 e. The maximum atomic E-state index is 11.5. The molecule has 0 heterocycles. The standard InChI is InChI=1S/C8H14ClNO4S/c1-7(2,3)14-6(11)10(15(12)13)8(9)4-5-8/h15H,4-5H2,1-3H3. The number of rotatable bonds is 2. The van der Waals surface area contributed by atoms with Crippen LogP contribution in [0.2, 0.25) is 0 Å². The van der Waals surface area contributed by atoms with E-state index in [-0.39, 0.29) is 0 Å². The van der Waals surface area contributed by atoms with E-state index in [1.54, 1.807) is 20.8 Å². The number of amides is 1. The van der Waals surface area contributed by atoms with E-state index in [0.717, 1.165) is 0 Å². The van der Waals surface area contributed by atoms with Crippen LogP contribution in [0.25, 0.3) is 0 Å². The van der Waals surface area contributed by atoms with Crippen molar-refractivity contribution < 1.29 is 17.9 Å². The molecule has 7 heteroatoms. The van der Waals surface area contributed by atoms with Crippen LogP contribution in [0.15, 0.2) is 0 Å². The lowest BCUT2D eigenvalue weighted by molar-refractivity contribution is 0.0370. The Morgan fingerprint density at radius 3 is 2.13 bits per heavy atom. The predicted octanol–water partition coefficient (Wildman–Crippen LogP) is 1.48. The maximum Gasteiger partial charge on any atom is 0.425 e. The van der Waals surface area contributed by atoms with Gasteiger partial charge in [0, 0.05) is 0 Å². The molecule has 1 fully saturated rings. The van der Waals surface area contributed by atoms with Gasteiger partial charge in [0.2, 0.25) is 10.9 Å². The van der Waals surface area contributed by atoms with E-state index in [9.17, 15) is 13.2 Å². The number of alkyl halides is 1. The van der Waals surface area contributed by atoms with E-state index in [2.05, 4.69) is 0 Å². The van der Waals surface area contributed by atoms with Crippen molar-refractivity contribution in [2.45, 2.75) is 44.2 Å². The first-order valence-electron chi connectivity index (χ1n) is 4.52. The summed E-state index contributed by atoms with van der Waals surface area (Å²) in [4.78, 5) is 10.4. The molecule has 0 spiro atoms. The molecule has 1 amide bonds. The van der Waals surface area contributed by atoms with Crippen LogP contribution in [0.5, 0.6) is 0 Å². The Hall–Kier alpha value is -0.490. The fourth-order valence-corrected chi connectivity index (χ4v) is 2.01. The molecular formula is C8H14ClNO4S. The molecule has 1 aliphatic rings. The van der Waals surface area contributed by atoms with Crippen LogP contribution in [0.1, 0.15) is 33.6 Å². The van der Waals surface area contributed by atoms with Crippen LogP contribution in [-0.2, 0) is 15.6 Å². The maximum absolute atomic E-state index is 11.5. The third-order valence-electron chi connectivity index (χ3n) is 1.77. The van der Waals surface area contributed by atoms with Gasteiger partial charge >= 0.3 is 6.09 Å². The van der Waals surface area contributed by atoms with Gasteiger partial charge in [-0.05, 0) is 33.6 Å². The van der Waals surface area contributed by atoms with Crippen LogP contribution in [-0.4, -0.2) is 29.4 Å². The number of thiol groups is 1. The second kappa shape index (κ2) is 3.83. The second-order valence-electron chi connectivity index (χ2n) is 4.45. The van der Waals surface area contributed by atoms with Gasteiger partial charge in [-0.2, -0.15) is 4.31 Å². The number of hydrogen-bond donors (Lipinski definition) is 1. The molecular weight excluding hydrogens is 242 g/mol. The first-order valence-corrected chi connectivity index (χ1v) is 6.03. The Kier molecular flexibility index (Phi) is 3.21. The van der Waals surface area contributed by atoms with E-state index in [1.165, 1.54) is 0 Å². The topological polar surface area (TPSA) is 63.7 Å². The predicted molar refractivity (Wildman–Crippen MR) is 56.2 cm³/mol. The van der Waals surface area contributed by atoms with Crippen molar-refractivity contribution in [3.8, 4) is 0 Å². The van der Waals surface area contributed by atoms with Crippen molar-refractivity contribution >= 4 is 28.6 Å². The van der Waals surface area contributed by atoms with E-state index >= 15 is 0 Å². The molecule has 0 aromatic heterocycles. The number of carbonyl (C=O) groups excluding carboxylic acids is 1. The van der Waals surface area contributed by atoms with Gasteiger partial charge in [-0.25, -0.2) is 13.2 Å². The van der Waals surface area contributed by atoms with Crippen LogP contribution in [0.3, 0.4) is 0 Å². The SMILES string of the molecule is CC(C)(C)OC(=O)N([SH](=O)=O)C1(Cl)CC1. The summed E-state index contributed by atoms with van der Waals surface area (Å²) < 4.78 is 27.3. The summed E-state index contributed by atoms with van der Waals surface area (Å²) in [6, 6.07) is 0. The van der Waals surface area contributed by atoms with Gasteiger partial charge in [-0.15, -0.1) is 0 Å². The molecule has 1 rings (SSSR count). The first kappa shape index (κ1) is 12.6. The van der Waals surface area contributed by atoms with Gasteiger partial charge in [0.05, 0.1) is 0 Å². The van der Waals surface area contributed by atoms with Crippen molar-refractivity contribution in [2.24, 2.45) is 0 Å². The van der Waals surface area contributed by atoms with Gasteiger partial charge in [0.15, 0.2) is 0 Å². The van der Waals surface area contributed by atoms with Crippen molar-refractivity contribution in [1.29, 1.82) is 0 Å². The molecule has 0 radical (unpaired) electrons. The Morgan fingerprint density at radius 1 is 1.40 bits per heavy atom. The van der Waals surface area contributed by atoms with Gasteiger partial charge < -0.3 is 4.74 Å². The minimum absolute atomic E-state index is 0.469. The Labute approximate surface area is 95.4 Å². The van der Waals surface area contributed by atoms with Gasteiger partial charge in [-0.1, -0.05) is 11.6 Å². The summed E-state index contributed by atoms with van der Waals surface area (Å²) in [6.45, 7) is 4.98. The minimum atomic E-state index is -3.06.